The summed E-state index contributed by atoms with van der Waals surface area (Å²) in [6.45, 7) is 0. The highest BCUT2D eigenvalue weighted by atomic mass is 15.0. The van der Waals surface area contributed by atoms with Crippen molar-refractivity contribution in [3.63, 3.8) is 0 Å². The number of hydrogen-bond acceptors (Lipinski definition) is 0. The molecule has 2 aliphatic rings. The van der Waals surface area contributed by atoms with Crippen LogP contribution >= 0.6 is 0 Å². The van der Waals surface area contributed by atoms with Crippen molar-refractivity contribution < 1.29 is 0 Å². The predicted octanol–water partition coefficient (Wildman–Crippen LogP) is 15.6. The van der Waals surface area contributed by atoms with Gasteiger partial charge in [-0.2, -0.15) is 0 Å². The molecule has 0 spiro atoms. The number of para-hydroxylation sites is 3. The van der Waals surface area contributed by atoms with Crippen molar-refractivity contribution in [2.45, 2.75) is 12.8 Å². The summed E-state index contributed by atoms with van der Waals surface area (Å²) in [6.07, 6.45) is 6.90. The van der Waals surface area contributed by atoms with Gasteiger partial charge in [0.25, 0.3) is 0 Å². The second-order valence-corrected chi connectivity index (χ2v) is 16.4. The lowest BCUT2D eigenvalue weighted by molar-refractivity contribution is 1.06. The number of nitrogens with zero attached hydrogens (tertiary/aromatic N) is 2. The second-order valence-electron chi connectivity index (χ2n) is 16.4. The van der Waals surface area contributed by atoms with Gasteiger partial charge < -0.3 is 9.13 Å². The van der Waals surface area contributed by atoms with Gasteiger partial charge in [-0.3, -0.25) is 0 Å². The van der Waals surface area contributed by atoms with Gasteiger partial charge in [0.1, 0.15) is 0 Å². The monoisotopic (exact) mass is 762 g/mol. The minimum atomic E-state index is 1.11. The van der Waals surface area contributed by atoms with E-state index >= 15 is 0 Å². The highest BCUT2D eigenvalue weighted by Gasteiger charge is 2.25. The molecule has 280 valence electrons. The number of rotatable bonds is 5. The average Bonchev–Trinajstić information content (AvgIpc) is 3.95. The van der Waals surface area contributed by atoms with Gasteiger partial charge in [-0.05, 0) is 146 Å². The predicted molar refractivity (Wildman–Crippen MR) is 254 cm³/mol. The van der Waals surface area contributed by atoms with Gasteiger partial charge in [0.2, 0.25) is 0 Å². The Balaban J connectivity index is 0.924. The molecule has 2 nitrogen and oxygen atoms in total. The quantitative estimate of drug-likeness (QED) is 0.165. The summed E-state index contributed by atoms with van der Waals surface area (Å²) in [7, 11) is 0. The third-order valence-electron chi connectivity index (χ3n) is 13.2. The fraction of sp³-hybridized carbons (Fsp3) is 0.0345. The Morgan fingerprint density at radius 3 is 1.48 bits per heavy atom. The lowest BCUT2D eigenvalue weighted by Gasteiger charge is -2.11. The molecule has 0 N–H and O–H groups in total. The van der Waals surface area contributed by atoms with Crippen LogP contribution in [0.4, 0.5) is 0 Å². The molecule has 2 heterocycles. The zero-order valence-corrected chi connectivity index (χ0v) is 32.9. The Bertz CT molecular complexity index is 3610. The van der Waals surface area contributed by atoms with E-state index in [4.69, 9.17) is 0 Å². The van der Waals surface area contributed by atoms with E-state index in [1.807, 2.05) is 0 Å². The highest BCUT2D eigenvalue weighted by molar-refractivity contribution is 6.20. The molecular formula is C58H38N2. The van der Waals surface area contributed by atoms with Gasteiger partial charge in [0, 0.05) is 32.9 Å². The highest BCUT2D eigenvalue weighted by Crippen LogP contribution is 2.49. The van der Waals surface area contributed by atoms with Crippen molar-refractivity contribution in [2.75, 3.05) is 0 Å². The van der Waals surface area contributed by atoms with E-state index in [1.54, 1.807) is 0 Å². The topological polar surface area (TPSA) is 9.86 Å². The molecule has 0 unspecified atom stereocenters. The van der Waals surface area contributed by atoms with E-state index in [9.17, 15) is 0 Å². The lowest BCUT2D eigenvalue weighted by atomic mass is 9.93. The largest absolute Gasteiger partial charge is 0.309 e. The van der Waals surface area contributed by atoms with Crippen molar-refractivity contribution in [1.29, 1.82) is 0 Å². The van der Waals surface area contributed by atoms with Crippen LogP contribution in [0.1, 0.15) is 24.0 Å². The molecule has 60 heavy (non-hydrogen) atoms. The van der Waals surface area contributed by atoms with Crippen molar-refractivity contribution in [2.24, 2.45) is 0 Å². The fourth-order valence-electron chi connectivity index (χ4n) is 10.4. The van der Waals surface area contributed by atoms with E-state index in [2.05, 4.69) is 215 Å². The lowest BCUT2D eigenvalue weighted by Crippen LogP contribution is -1.93. The molecule has 11 aromatic rings. The minimum absolute atomic E-state index is 1.11. The van der Waals surface area contributed by atoms with Gasteiger partial charge in [-0.1, -0.05) is 140 Å². The maximum absolute atomic E-state index is 2.43. The smallest absolute Gasteiger partial charge is 0.0541 e. The van der Waals surface area contributed by atoms with Crippen molar-refractivity contribution in [1.82, 2.24) is 9.13 Å². The normalized spacial score (nSPS) is 13.4. The van der Waals surface area contributed by atoms with Crippen LogP contribution in [0.3, 0.4) is 0 Å². The standard InChI is InChI=1S/C58H38N2/c1-3-12-42(13-4-1)59-54-21-10-9-18-47(54)51-34-39(26-31-55(51)59)37-22-24-38(25-23-37)40-27-32-56-52(35-40)53-36-41(28-33-57(53)60(56)43-14-5-2-6-15-43)44-29-30-50-46-17-8-7-16-45(46)49-20-11-19-48(44)58(49)50/h1-6,8-15,17-36H,7,16H2. The van der Waals surface area contributed by atoms with Crippen LogP contribution < -0.4 is 0 Å². The summed E-state index contributed by atoms with van der Waals surface area (Å²) in [5, 5.41) is 7.79. The first kappa shape index (κ1) is 33.3. The van der Waals surface area contributed by atoms with Gasteiger partial charge in [-0.25, -0.2) is 0 Å². The summed E-state index contributed by atoms with van der Waals surface area (Å²) in [5.74, 6) is 0. The molecule has 0 amide bonds. The molecule has 0 aliphatic heterocycles. The zero-order chi connectivity index (χ0) is 39.3. The maximum Gasteiger partial charge on any atom is 0.0541 e. The maximum atomic E-state index is 2.43. The Hall–Kier alpha value is -7.68. The van der Waals surface area contributed by atoms with E-state index in [0.29, 0.717) is 0 Å². The molecule has 0 saturated heterocycles. The van der Waals surface area contributed by atoms with E-state index in [1.165, 1.54) is 121 Å². The van der Waals surface area contributed by atoms with Crippen LogP contribution in [0.15, 0.2) is 206 Å². The molecule has 2 heteroatoms. The SMILES string of the molecule is C1=CC2=C(CC1)c1cccc3c(-c4ccc5c(c4)c4cc(-c6ccc(-c7ccc8c(c7)c7ccccc7n8-c7ccccc7)cc6)ccc4n5-c4ccccc4)ccc2c13. The van der Waals surface area contributed by atoms with Crippen LogP contribution in [0.25, 0.3) is 110 Å². The fourth-order valence-corrected chi connectivity index (χ4v) is 10.4. The second kappa shape index (κ2) is 12.9. The minimum Gasteiger partial charge on any atom is -0.309 e. The van der Waals surface area contributed by atoms with Crippen LogP contribution in [0.5, 0.6) is 0 Å². The summed E-state index contributed by atoms with van der Waals surface area (Å²) in [5.41, 5.74) is 20.3. The number of hydrogen-bond donors (Lipinski definition) is 0. The Kier molecular flexibility index (Phi) is 7.17. The van der Waals surface area contributed by atoms with E-state index in [-0.39, 0.29) is 0 Å². The first-order chi connectivity index (χ1) is 29.8. The molecule has 9 aromatic carbocycles. The molecule has 0 atom stereocenters. The number of benzene rings is 9. The van der Waals surface area contributed by atoms with Gasteiger partial charge >= 0.3 is 0 Å². The Labute approximate surface area is 348 Å². The Morgan fingerprint density at radius 1 is 0.333 bits per heavy atom. The summed E-state index contributed by atoms with van der Waals surface area (Å²) >= 11 is 0. The third kappa shape index (κ3) is 4.88. The van der Waals surface area contributed by atoms with Crippen LogP contribution in [0.2, 0.25) is 0 Å². The Morgan fingerprint density at radius 2 is 0.833 bits per heavy atom. The molecule has 0 bridgehead atoms. The first-order valence-corrected chi connectivity index (χ1v) is 21.1. The molecule has 0 radical (unpaired) electrons. The summed E-state index contributed by atoms with van der Waals surface area (Å²) in [4.78, 5) is 0. The number of aromatic nitrogens is 2. The molecule has 0 fully saturated rings. The van der Waals surface area contributed by atoms with Gasteiger partial charge in [-0.15, -0.1) is 0 Å². The van der Waals surface area contributed by atoms with E-state index in [0.717, 1.165) is 12.8 Å². The molecular weight excluding hydrogens is 725 g/mol. The molecule has 0 saturated carbocycles. The van der Waals surface area contributed by atoms with Crippen LogP contribution in [-0.4, -0.2) is 9.13 Å². The summed E-state index contributed by atoms with van der Waals surface area (Å²) < 4.78 is 4.79. The van der Waals surface area contributed by atoms with Crippen LogP contribution in [0, 0.1) is 0 Å². The first-order valence-electron chi connectivity index (χ1n) is 21.1. The number of allylic oxidation sites excluding steroid dienone is 4. The molecule has 2 aliphatic carbocycles. The van der Waals surface area contributed by atoms with Crippen molar-refractivity contribution in [3.05, 3.63) is 217 Å². The van der Waals surface area contributed by atoms with Gasteiger partial charge in [0.05, 0.1) is 22.1 Å². The van der Waals surface area contributed by atoms with Crippen LogP contribution in [-0.2, 0) is 0 Å². The molecule has 2 aromatic heterocycles. The van der Waals surface area contributed by atoms with Crippen molar-refractivity contribution in [3.8, 4) is 44.8 Å². The average molecular weight is 763 g/mol. The van der Waals surface area contributed by atoms with Crippen molar-refractivity contribution >= 4 is 65.5 Å². The summed E-state index contributed by atoms with van der Waals surface area (Å²) in [6, 6.07) is 71.9. The van der Waals surface area contributed by atoms with Gasteiger partial charge in [0.15, 0.2) is 0 Å². The third-order valence-corrected chi connectivity index (χ3v) is 13.2. The zero-order valence-electron chi connectivity index (χ0n) is 32.9. The van der Waals surface area contributed by atoms with E-state index < -0.39 is 0 Å². The molecule has 13 rings (SSSR count). The number of fused-ring (bicyclic) bond motifs is 8.